The first-order chi connectivity index (χ1) is 16.4. The number of alkyl halides is 2. The second-order valence-electron chi connectivity index (χ2n) is 9.29. The highest BCUT2D eigenvalue weighted by Crippen LogP contribution is 2.38. The first-order valence-corrected chi connectivity index (χ1v) is 12.0. The number of aryl methyl sites for hydroxylation is 2. The van der Waals surface area contributed by atoms with E-state index < -0.39 is 24.0 Å². The fourth-order valence-electron chi connectivity index (χ4n) is 5.23. The summed E-state index contributed by atoms with van der Waals surface area (Å²) in [6.07, 6.45) is 7.75. The summed E-state index contributed by atoms with van der Waals surface area (Å²) < 4.78 is 71.6. The smallest absolute Gasteiger partial charge is 0.387 e. The van der Waals surface area contributed by atoms with Crippen molar-refractivity contribution in [1.29, 1.82) is 0 Å². The van der Waals surface area contributed by atoms with E-state index in [0.29, 0.717) is 16.9 Å². The number of fused-ring (bicyclic) bond motifs is 1. The number of rotatable bonds is 8. The van der Waals surface area contributed by atoms with Gasteiger partial charge in [0.1, 0.15) is 5.82 Å². The molecule has 0 unspecified atom stereocenters. The summed E-state index contributed by atoms with van der Waals surface area (Å²) in [5.41, 5.74) is 1.94. The summed E-state index contributed by atoms with van der Waals surface area (Å²) in [7, 11) is 0. The summed E-state index contributed by atoms with van der Waals surface area (Å²) in [5, 5.41) is 1.37. The molecule has 3 aromatic rings. The van der Waals surface area contributed by atoms with Crippen LogP contribution in [0.3, 0.4) is 0 Å². The van der Waals surface area contributed by atoms with Crippen molar-refractivity contribution in [2.24, 2.45) is 5.92 Å². The average Bonchev–Trinajstić information content (AvgIpc) is 2.81. The maximum atomic E-state index is 15.2. The zero-order valence-corrected chi connectivity index (χ0v) is 19.2. The van der Waals surface area contributed by atoms with E-state index >= 15 is 4.39 Å². The fraction of sp³-hybridized carbons (Fsp3) is 0.429. The van der Waals surface area contributed by atoms with E-state index in [0.717, 1.165) is 23.4 Å². The molecule has 0 bridgehead atoms. The molecule has 1 fully saturated rings. The van der Waals surface area contributed by atoms with Gasteiger partial charge in [-0.15, -0.1) is 0 Å². The third kappa shape index (κ3) is 5.53. The van der Waals surface area contributed by atoms with E-state index in [9.17, 15) is 17.6 Å². The highest BCUT2D eigenvalue weighted by molar-refractivity contribution is 5.84. The summed E-state index contributed by atoms with van der Waals surface area (Å²) in [5.74, 6) is -2.51. The van der Waals surface area contributed by atoms with E-state index in [-0.39, 0.29) is 24.2 Å². The van der Waals surface area contributed by atoms with Crippen molar-refractivity contribution in [2.75, 3.05) is 0 Å². The van der Waals surface area contributed by atoms with Gasteiger partial charge in [-0.2, -0.15) is 8.78 Å². The van der Waals surface area contributed by atoms with Gasteiger partial charge in [-0.05, 0) is 84.6 Å². The Labute approximate surface area is 196 Å². The van der Waals surface area contributed by atoms with Crippen LogP contribution < -0.4 is 4.74 Å². The summed E-state index contributed by atoms with van der Waals surface area (Å²) >= 11 is 0. The first-order valence-electron chi connectivity index (χ1n) is 12.0. The number of benzene rings is 3. The van der Waals surface area contributed by atoms with Gasteiger partial charge in [-0.3, -0.25) is 0 Å². The molecule has 3 aromatic carbocycles. The van der Waals surface area contributed by atoms with Gasteiger partial charge in [-0.25, -0.2) is 13.2 Å². The lowest BCUT2D eigenvalue weighted by Crippen LogP contribution is -2.13. The Balaban J connectivity index is 1.46. The molecule has 6 heteroatoms. The van der Waals surface area contributed by atoms with Crippen molar-refractivity contribution in [3.63, 3.8) is 0 Å². The maximum Gasteiger partial charge on any atom is 0.387 e. The molecule has 182 valence electrons. The van der Waals surface area contributed by atoms with Crippen LogP contribution in [0.4, 0.5) is 22.0 Å². The Kier molecular flexibility index (Phi) is 7.74. The van der Waals surface area contributed by atoms with Gasteiger partial charge < -0.3 is 4.74 Å². The SMILES string of the molecule is CCCC1CCC(c2ccc3c(F)c(CCc4cc(F)c(OC(F)F)c(F)c4)ccc3c2)CC1. The molecule has 0 radical (unpaired) electrons. The predicted molar refractivity (Wildman–Crippen MR) is 124 cm³/mol. The van der Waals surface area contributed by atoms with Crippen molar-refractivity contribution in [3.05, 3.63) is 76.6 Å². The van der Waals surface area contributed by atoms with Gasteiger partial charge in [0, 0.05) is 5.39 Å². The maximum absolute atomic E-state index is 15.2. The Morgan fingerprint density at radius 1 is 0.882 bits per heavy atom. The second-order valence-corrected chi connectivity index (χ2v) is 9.29. The molecule has 1 aliphatic carbocycles. The first kappa shape index (κ1) is 24.5. The van der Waals surface area contributed by atoms with Gasteiger partial charge >= 0.3 is 6.61 Å². The van der Waals surface area contributed by atoms with Crippen molar-refractivity contribution in [1.82, 2.24) is 0 Å². The Hall–Kier alpha value is -2.63. The number of halogens is 5. The molecule has 1 aliphatic rings. The molecule has 1 nitrogen and oxygen atoms in total. The van der Waals surface area contributed by atoms with Crippen LogP contribution in [0, 0.1) is 23.4 Å². The van der Waals surface area contributed by atoms with E-state index in [2.05, 4.69) is 17.7 Å². The molecule has 0 atom stereocenters. The van der Waals surface area contributed by atoms with Gasteiger partial charge in [0.15, 0.2) is 17.4 Å². The zero-order chi connectivity index (χ0) is 24.2. The van der Waals surface area contributed by atoms with Crippen LogP contribution in [0.1, 0.15) is 68.1 Å². The van der Waals surface area contributed by atoms with Gasteiger partial charge in [-0.1, -0.05) is 50.1 Å². The van der Waals surface area contributed by atoms with Gasteiger partial charge in [0.05, 0.1) is 0 Å². The van der Waals surface area contributed by atoms with Crippen molar-refractivity contribution >= 4 is 10.8 Å². The average molecular weight is 477 g/mol. The van der Waals surface area contributed by atoms with Crippen molar-refractivity contribution in [2.45, 2.75) is 70.8 Å². The third-order valence-electron chi connectivity index (χ3n) is 7.02. The van der Waals surface area contributed by atoms with Crippen LogP contribution in [0.25, 0.3) is 10.8 Å². The van der Waals surface area contributed by atoms with Crippen molar-refractivity contribution < 1.29 is 26.7 Å². The highest BCUT2D eigenvalue weighted by Gasteiger charge is 2.22. The van der Waals surface area contributed by atoms with Crippen LogP contribution in [-0.2, 0) is 12.8 Å². The molecular weight excluding hydrogens is 447 g/mol. The monoisotopic (exact) mass is 476 g/mol. The Bertz CT molecular complexity index is 1110. The highest BCUT2D eigenvalue weighted by atomic mass is 19.3. The molecule has 34 heavy (non-hydrogen) atoms. The van der Waals surface area contributed by atoms with E-state index in [4.69, 9.17) is 0 Å². The minimum atomic E-state index is -3.32. The lowest BCUT2D eigenvalue weighted by molar-refractivity contribution is -0.0546. The van der Waals surface area contributed by atoms with E-state index in [1.54, 1.807) is 6.07 Å². The number of ether oxygens (including phenoxy) is 1. The van der Waals surface area contributed by atoms with Crippen LogP contribution in [0.5, 0.6) is 5.75 Å². The topological polar surface area (TPSA) is 9.23 Å². The lowest BCUT2D eigenvalue weighted by Gasteiger charge is -2.28. The third-order valence-corrected chi connectivity index (χ3v) is 7.02. The largest absolute Gasteiger partial charge is 0.429 e. The summed E-state index contributed by atoms with van der Waals surface area (Å²) in [4.78, 5) is 0. The van der Waals surface area contributed by atoms with Crippen molar-refractivity contribution in [3.8, 4) is 5.75 Å². The second kappa shape index (κ2) is 10.7. The standard InChI is InChI=1S/C28H29F5O/c1-2-3-17-4-7-19(8-5-17)21-12-13-23-22(16-21)11-10-20(26(23)31)9-6-18-14-24(29)27(25(30)15-18)34-28(32)33/h10-17,19,28H,2-9H2,1H3. The van der Waals surface area contributed by atoms with Crippen LogP contribution >= 0.6 is 0 Å². The summed E-state index contributed by atoms with van der Waals surface area (Å²) in [6, 6.07) is 11.4. The number of hydrogen-bond acceptors (Lipinski definition) is 1. The molecule has 0 spiro atoms. The van der Waals surface area contributed by atoms with Crippen LogP contribution in [-0.4, -0.2) is 6.61 Å². The lowest BCUT2D eigenvalue weighted by atomic mass is 9.77. The van der Waals surface area contributed by atoms with Gasteiger partial charge in [0.25, 0.3) is 0 Å². The molecule has 0 N–H and O–H groups in total. The summed E-state index contributed by atoms with van der Waals surface area (Å²) in [6.45, 7) is -1.09. The molecular formula is C28H29F5O. The normalized spacial score (nSPS) is 18.6. The quantitative estimate of drug-likeness (QED) is 0.295. The molecule has 0 aromatic heterocycles. The number of hydrogen-bond donors (Lipinski definition) is 0. The molecule has 0 amide bonds. The van der Waals surface area contributed by atoms with Crippen LogP contribution in [0.2, 0.25) is 0 Å². The Morgan fingerprint density at radius 3 is 2.24 bits per heavy atom. The Morgan fingerprint density at radius 2 is 1.59 bits per heavy atom. The fourth-order valence-corrected chi connectivity index (χ4v) is 5.23. The van der Waals surface area contributed by atoms with E-state index in [1.165, 1.54) is 44.1 Å². The molecule has 0 saturated heterocycles. The van der Waals surface area contributed by atoms with Gasteiger partial charge in [0.2, 0.25) is 0 Å². The minimum absolute atomic E-state index is 0.157. The molecule has 0 aliphatic heterocycles. The molecule has 4 rings (SSSR count). The molecule has 0 heterocycles. The predicted octanol–water partition coefficient (Wildman–Crippen LogP) is 8.72. The zero-order valence-electron chi connectivity index (χ0n) is 19.2. The molecule has 1 saturated carbocycles. The van der Waals surface area contributed by atoms with E-state index in [1.807, 2.05) is 18.2 Å². The minimum Gasteiger partial charge on any atom is -0.429 e. The van der Waals surface area contributed by atoms with Crippen LogP contribution in [0.15, 0.2) is 42.5 Å².